The molecule has 0 aromatic rings. The van der Waals surface area contributed by atoms with Crippen molar-refractivity contribution in [3.05, 3.63) is 0 Å². The predicted molar refractivity (Wildman–Crippen MR) is 61.0 cm³/mol. The first kappa shape index (κ1) is 12.2. The summed E-state index contributed by atoms with van der Waals surface area (Å²) in [6, 6.07) is 0. The Labute approximate surface area is 96.4 Å². The Morgan fingerprint density at radius 3 is 2.25 bits per heavy atom. The molecule has 0 radical (unpaired) electrons. The third-order valence-electron chi connectivity index (χ3n) is 3.95. The van der Waals surface area contributed by atoms with Crippen molar-refractivity contribution < 1.29 is 8.78 Å². The smallest absolute Gasteiger partial charge is 0.119 e. The molecule has 2 heterocycles. The second kappa shape index (κ2) is 5.41. The van der Waals surface area contributed by atoms with Gasteiger partial charge < -0.3 is 10.2 Å². The summed E-state index contributed by atoms with van der Waals surface area (Å²) < 4.78 is 27.2. The molecule has 1 N–H and O–H groups in total. The molecule has 0 saturated carbocycles. The lowest BCUT2D eigenvalue weighted by molar-refractivity contribution is 0.0478. The first-order chi connectivity index (χ1) is 7.66. The number of nitrogens with zero attached hydrogens (tertiary/aromatic N) is 1. The monoisotopic (exact) mass is 232 g/mol. The van der Waals surface area contributed by atoms with Crippen molar-refractivity contribution in [3.8, 4) is 0 Å². The summed E-state index contributed by atoms with van der Waals surface area (Å²) in [5, 5.41) is 2.79. The quantitative estimate of drug-likeness (QED) is 0.778. The highest BCUT2D eigenvalue weighted by molar-refractivity contribution is 4.87. The van der Waals surface area contributed by atoms with Crippen LogP contribution >= 0.6 is 0 Å². The van der Waals surface area contributed by atoms with Crippen molar-refractivity contribution >= 4 is 0 Å². The van der Waals surface area contributed by atoms with Gasteiger partial charge in [0.05, 0.1) is 0 Å². The minimum Gasteiger partial charge on any atom is -0.311 e. The SMILES string of the molecule is CC1CCN(CC2C(F)CNCC2F)CC1. The molecule has 2 aliphatic rings. The number of piperidine rings is 2. The summed E-state index contributed by atoms with van der Waals surface area (Å²) in [5.41, 5.74) is 0. The molecule has 0 aliphatic carbocycles. The third-order valence-corrected chi connectivity index (χ3v) is 3.95. The Morgan fingerprint density at radius 1 is 1.12 bits per heavy atom. The highest BCUT2D eigenvalue weighted by Crippen LogP contribution is 2.23. The fourth-order valence-electron chi connectivity index (χ4n) is 2.66. The molecular formula is C12H22F2N2. The summed E-state index contributed by atoms with van der Waals surface area (Å²) in [6.07, 6.45) is 0.281. The fourth-order valence-corrected chi connectivity index (χ4v) is 2.66. The molecule has 16 heavy (non-hydrogen) atoms. The number of halogens is 2. The van der Waals surface area contributed by atoms with E-state index in [1.54, 1.807) is 0 Å². The van der Waals surface area contributed by atoms with E-state index >= 15 is 0 Å². The third kappa shape index (κ3) is 2.92. The summed E-state index contributed by atoms with van der Waals surface area (Å²) in [6.45, 7) is 5.48. The van der Waals surface area contributed by atoms with E-state index in [1.807, 2.05) is 0 Å². The van der Waals surface area contributed by atoms with E-state index in [0.29, 0.717) is 19.6 Å². The van der Waals surface area contributed by atoms with E-state index in [0.717, 1.165) is 19.0 Å². The molecule has 2 atom stereocenters. The lowest BCUT2D eigenvalue weighted by atomic mass is 9.92. The van der Waals surface area contributed by atoms with Gasteiger partial charge in [-0.3, -0.25) is 0 Å². The molecule has 2 saturated heterocycles. The molecule has 94 valence electrons. The molecule has 0 spiro atoms. The van der Waals surface area contributed by atoms with E-state index in [9.17, 15) is 8.78 Å². The van der Waals surface area contributed by atoms with Crippen LogP contribution in [-0.4, -0.2) is 50.0 Å². The number of hydrogen-bond acceptors (Lipinski definition) is 2. The Kier molecular flexibility index (Phi) is 4.14. The van der Waals surface area contributed by atoms with Crippen molar-refractivity contribution in [2.45, 2.75) is 32.1 Å². The van der Waals surface area contributed by atoms with Crippen LogP contribution in [0.2, 0.25) is 0 Å². The van der Waals surface area contributed by atoms with E-state index in [2.05, 4.69) is 17.1 Å². The van der Waals surface area contributed by atoms with E-state index < -0.39 is 18.3 Å². The highest BCUT2D eigenvalue weighted by Gasteiger charge is 2.35. The summed E-state index contributed by atoms with van der Waals surface area (Å²) in [5.74, 6) is 0.348. The first-order valence-electron chi connectivity index (χ1n) is 6.38. The summed E-state index contributed by atoms with van der Waals surface area (Å²) >= 11 is 0. The van der Waals surface area contributed by atoms with Crippen molar-refractivity contribution in [2.24, 2.45) is 11.8 Å². The van der Waals surface area contributed by atoms with Gasteiger partial charge in [0.1, 0.15) is 12.3 Å². The number of hydrogen-bond donors (Lipinski definition) is 1. The molecule has 0 aromatic heterocycles. The molecule has 2 unspecified atom stereocenters. The zero-order valence-corrected chi connectivity index (χ0v) is 9.96. The summed E-state index contributed by atoms with van der Waals surface area (Å²) in [4.78, 5) is 2.23. The lowest BCUT2D eigenvalue weighted by Crippen LogP contribution is -2.51. The molecule has 0 aromatic carbocycles. The molecule has 4 heteroatoms. The molecule has 2 rings (SSSR count). The molecule has 0 bridgehead atoms. The zero-order valence-electron chi connectivity index (χ0n) is 9.96. The minimum absolute atomic E-state index is 0.315. The van der Waals surface area contributed by atoms with Gasteiger partial charge >= 0.3 is 0 Å². The van der Waals surface area contributed by atoms with Gasteiger partial charge in [-0.15, -0.1) is 0 Å². The Balaban J connectivity index is 1.83. The highest BCUT2D eigenvalue weighted by atomic mass is 19.1. The van der Waals surface area contributed by atoms with Gasteiger partial charge in [0.15, 0.2) is 0 Å². The van der Waals surface area contributed by atoms with Crippen molar-refractivity contribution in [2.75, 3.05) is 32.7 Å². The predicted octanol–water partition coefficient (Wildman–Crippen LogP) is 1.61. The van der Waals surface area contributed by atoms with Crippen LogP contribution in [0.1, 0.15) is 19.8 Å². The van der Waals surface area contributed by atoms with Crippen molar-refractivity contribution in [1.29, 1.82) is 0 Å². The van der Waals surface area contributed by atoms with E-state index in [-0.39, 0.29) is 0 Å². The standard InChI is InChI=1S/C12H22F2N2/c1-9-2-4-16(5-3-9)8-10-11(13)6-15-7-12(10)14/h9-12,15H,2-8H2,1H3. The van der Waals surface area contributed by atoms with Crippen molar-refractivity contribution in [3.63, 3.8) is 0 Å². The van der Waals surface area contributed by atoms with Gasteiger partial charge in [-0.1, -0.05) is 6.92 Å². The Bertz CT molecular complexity index is 207. The van der Waals surface area contributed by atoms with Crippen LogP contribution in [0.3, 0.4) is 0 Å². The van der Waals surface area contributed by atoms with Crippen LogP contribution in [0.15, 0.2) is 0 Å². The van der Waals surface area contributed by atoms with Gasteiger partial charge in [0.25, 0.3) is 0 Å². The van der Waals surface area contributed by atoms with Gasteiger partial charge in [-0.2, -0.15) is 0 Å². The molecule has 2 fully saturated rings. The van der Waals surface area contributed by atoms with Gasteiger partial charge in [0, 0.05) is 25.6 Å². The molecule has 2 aliphatic heterocycles. The number of likely N-dealkylation sites (tertiary alicyclic amines) is 1. The maximum absolute atomic E-state index is 13.6. The van der Waals surface area contributed by atoms with Gasteiger partial charge in [0.2, 0.25) is 0 Å². The van der Waals surface area contributed by atoms with Crippen LogP contribution in [0, 0.1) is 11.8 Å². The molecule has 2 nitrogen and oxygen atoms in total. The van der Waals surface area contributed by atoms with Crippen LogP contribution in [0.5, 0.6) is 0 Å². The maximum Gasteiger partial charge on any atom is 0.119 e. The minimum atomic E-state index is -1.02. The largest absolute Gasteiger partial charge is 0.311 e. The fraction of sp³-hybridized carbons (Fsp3) is 1.00. The average molecular weight is 232 g/mol. The van der Waals surface area contributed by atoms with E-state index in [4.69, 9.17) is 0 Å². The number of alkyl halides is 2. The van der Waals surface area contributed by atoms with Crippen molar-refractivity contribution in [1.82, 2.24) is 10.2 Å². The first-order valence-corrected chi connectivity index (χ1v) is 6.38. The summed E-state index contributed by atoms with van der Waals surface area (Å²) in [7, 11) is 0. The van der Waals surface area contributed by atoms with Crippen LogP contribution in [0.25, 0.3) is 0 Å². The second-order valence-corrected chi connectivity index (χ2v) is 5.34. The zero-order chi connectivity index (χ0) is 11.5. The number of rotatable bonds is 2. The van der Waals surface area contributed by atoms with E-state index in [1.165, 1.54) is 12.8 Å². The van der Waals surface area contributed by atoms with Crippen LogP contribution in [-0.2, 0) is 0 Å². The Hall–Kier alpha value is -0.220. The Morgan fingerprint density at radius 2 is 1.69 bits per heavy atom. The molecular weight excluding hydrogens is 210 g/mol. The topological polar surface area (TPSA) is 15.3 Å². The lowest BCUT2D eigenvalue weighted by Gasteiger charge is -2.37. The molecule has 0 amide bonds. The number of nitrogens with one attached hydrogen (secondary N) is 1. The van der Waals surface area contributed by atoms with Crippen LogP contribution in [0.4, 0.5) is 8.78 Å². The van der Waals surface area contributed by atoms with Gasteiger partial charge in [-0.25, -0.2) is 8.78 Å². The van der Waals surface area contributed by atoms with Gasteiger partial charge in [-0.05, 0) is 31.8 Å². The normalized spacial score (nSPS) is 38.8. The average Bonchev–Trinajstić information content (AvgIpc) is 2.26. The van der Waals surface area contributed by atoms with Crippen LogP contribution < -0.4 is 5.32 Å². The maximum atomic E-state index is 13.6. The second-order valence-electron chi connectivity index (χ2n) is 5.34.